The summed E-state index contributed by atoms with van der Waals surface area (Å²) in [5.74, 6) is -1.13. The number of carbonyl (C=O) groups is 4. The molecule has 3 rings (SSSR count). The van der Waals surface area contributed by atoms with E-state index in [0.717, 1.165) is 36.8 Å². The van der Waals surface area contributed by atoms with Gasteiger partial charge in [-0.05, 0) is 88.5 Å². The summed E-state index contributed by atoms with van der Waals surface area (Å²) < 4.78 is 22.0. The summed E-state index contributed by atoms with van der Waals surface area (Å²) in [4.78, 5) is 48.9. The average molecular weight is 573 g/mol. The van der Waals surface area contributed by atoms with Crippen LogP contribution in [-0.4, -0.2) is 23.9 Å². The quantitative estimate of drug-likeness (QED) is 0.169. The third-order valence-corrected chi connectivity index (χ3v) is 6.80. The van der Waals surface area contributed by atoms with E-state index in [1.165, 1.54) is 12.1 Å². The summed E-state index contributed by atoms with van der Waals surface area (Å²) in [5.41, 5.74) is 2.59. The highest BCUT2D eigenvalue weighted by Gasteiger charge is 2.29. The molecule has 0 saturated heterocycles. The van der Waals surface area contributed by atoms with Gasteiger partial charge in [-0.25, -0.2) is 19.2 Å². The Morgan fingerprint density at radius 1 is 0.524 bits per heavy atom. The van der Waals surface area contributed by atoms with Gasteiger partial charge in [-0.15, -0.1) is 0 Å². The first-order valence-corrected chi connectivity index (χ1v) is 13.6. The second-order valence-corrected chi connectivity index (χ2v) is 10.6. The van der Waals surface area contributed by atoms with Crippen LogP contribution in [0.1, 0.15) is 76.3 Å². The van der Waals surface area contributed by atoms with Gasteiger partial charge in [0.1, 0.15) is 23.0 Å². The average Bonchev–Trinajstić information content (AvgIpc) is 2.93. The van der Waals surface area contributed by atoms with Gasteiger partial charge in [0.05, 0.1) is 0 Å². The van der Waals surface area contributed by atoms with Crippen molar-refractivity contribution in [2.75, 3.05) is 0 Å². The Bertz CT molecular complexity index is 1360. The van der Waals surface area contributed by atoms with Gasteiger partial charge in [0, 0.05) is 34.4 Å². The molecule has 0 heterocycles. The van der Waals surface area contributed by atoms with Gasteiger partial charge in [0.15, 0.2) is 0 Å². The second-order valence-electron chi connectivity index (χ2n) is 10.6. The van der Waals surface area contributed by atoms with Gasteiger partial charge < -0.3 is 18.9 Å². The summed E-state index contributed by atoms with van der Waals surface area (Å²) in [6, 6.07) is 10.0. The third-order valence-electron chi connectivity index (χ3n) is 6.80. The van der Waals surface area contributed by atoms with Gasteiger partial charge >= 0.3 is 23.9 Å². The minimum absolute atomic E-state index is 0.0530. The highest BCUT2D eigenvalue weighted by atomic mass is 16.6. The molecule has 0 spiro atoms. The van der Waals surface area contributed by atoms with Crippen LogP contribution < -0.4 is 18.9 Å². The Labute approximate surface area is 246 Å². The SMILES string of the molecule is C=C(C)C(=O)Oc1ccc(C2CCC(c3ccc(OC(=O)C(=C)C)cc3OC(=O)C(=C)C)CC2)c(OC(=O)C(=C)C)c1. The van der Waals surface area contributed by atoms with Crippen LogP contribution >= 0.6 is 0 Å². The molecular formula is C34H36O8. The molecule has 1 aliphatic carbocycles. The predicted octanol–water partition coefficient (Wildman–Crippen LogP) is 7.05. The van der Waals surface area contributed by atoms with Crippen LogP contribution in [-0.2, 0) is 19.2 Å². The first-order chi connectivity index (χ1) is 19.8. The van der Waals surface area contributed by atoms with Crippen molar-refractivity contribution >= 4 is 23.9 Å². The third kappa shape index (κ3) is 8.16. The van der Waals surface area contributed by atoms with Crippen LogP contribution in [0.3, 0.4) is 0 Å². The first kappa shape index (κ1) is 31.8. The first-order valence-electron chi connectivity index (χ1n) is 13.6. The van der Waals surface area contributed by atoms with Crippen molar-refractivity contribution < 1.29 is 38.1 Å². The van der Waals surface area contributed by atoms with E-state index in [2.05, 4.69) is 26.3 Å². The Balaban J connectivity index is 1.86. The van der Waals surface area contributed by atoms with Gasteiger partial charge in [-0.2, -0.15) is 0 Å². The van der Waals surface area contributed by atoms with E-state index in [4.69, 9.17) is 18.9 Å². The van der Waals surface area contributed by atoms with Crippen LogP contribution in [0.5, 0.6) is 23.0 Å². The molecule has 8 nitrogen and oxygen atoms in total. The highest BCUT2D eigenvalue weighted by molar-refractivity contribution is 5.91. The molecular weight excluding hydrogens is 536 g/mol. The summed E-state index contributed by atoms with van der Waals surface area (Å²) in [6.07, 6.45) is 2.97. The minimum atomic E-state index is -0.580. The van der Waals surface area contributed by atoms with Crippen LogP contribution in [0.2, 0.25) is 0 Å². The molecule has 42 heavy (non-hydrogen) atoms. The van der Waals surface area contributed by atoms with Crippen LogP contribution in [0.4, 0.5) is 0 Å². The Hall–Kier alpha value is -4.72. The summed E-state index contributed by atoms with van der Waals surface area (Å²) >= 11 is 0. The van der Waals surface area contributed by atoms with E-state index in [-0.39, 0.29) is 45.6 Å². The van der Waals surface area contributed by atoms with Crippen molar-refractivity contribution in [1.29, 1.82) is 0 Å². The summed E-state index contributed by atoms with van der Waals surface area (Å²) in [7, 11) is 0. The van der Waals surface area contributed by atoms with Crippen molar-refractivity contribution in [3.8, 4) is 23.0 Å². The van der Waals surface area contributed by atoms with Crippen molar-refractivity contribution in [2.45, 2.75) is 65.2 Å². The van der Waals surface area contributed by atoms with Crippen molar-refractivity contribution in [3.05, 3.63) is 96.1 Å². The van der Waals surface area contributed by atoms with E-state index in [1.54, 1.807) is 52.0 Å². The molecule has 1 aliphatic rings. The van der Waals surface area contributed by atoms with Gasteiger partial charge in [0.25, 0.3) is 0 Å². The molecule has 1 saturated carbocycles. The van der Waals surface area contributed by atoms with Crippen LogP contribution in [0.15, 0.2) is 85.0 Å². The van der Waals surface area contributed by atoms with Gasteiger partial charge in [-0.3, -0.25) is 0 Å². The summed E-state index contributed by atoms with van der Waals surface area (Å²) in [5, 5.41) is 0. The lowest BCUT2D eigenvalue weighted by Crippen LogP contribution is -2.17. The van der Waals surface area contributed by atoms with Crippen molar-refractivity contribution in [3.63, 3.8) is 0 Å². The Kier molecular flexibility index (Phi) is 10.4. The topological polar surface area (TPSA) is 105 Å². The van der Waals surface area contributed by atoms with Crippen LogP contribution in [0, 0.1) is 0 Å². The zero-order valence-corrected chi connectivity index (χ0v) is 24.5. The van der Waals surface area contributed by atoms with E-state index in [0.29, 0.717) is 11.5 Å². The highest BCUT2D eigenvalue weighted by Crippen LogP contribution is 2.46. The molecule has 0 aliphatic heterocycles. The molecule has 2 aromatic rings. The summed E-state index contributed by atoms with van der Waals surface area (Å²) in [6.45, 7) is 20.7. The maximum absolute atomic E-state index is 12.4. The molecule has 0 unspecified atom stereocenters. The van der Waals surface area contributed by atoms with E-state index in [9.17, 15) is 19.2 Å². The number of hydrogen-bond acceptors (Lipinski definition) is 8. The second kappa shape index (κ2) is 13.8. The number of hydrogen-bond donors (Lipinski definition) is 0. The largest absolute Gasteiger partial charge is 0.423 e. The van der Waals surface area contributed by atoms with Crippen molar-refractivity contribution in [1.82, 2.24) is 0 Å². The molecule has 0 atom stereocenters. The molecule has 0 N–H and O–H groups in total. The Morgan fingerprint density at radius 2 is 0.810 bits per heavy atom. The smallest absolute Gasteiger partial charge is 0.338 e. The molecule has 0 bridgehead atoms. The lowest BCUT2D eigenvalue weighted by molar-refractivity contribution is -0.131. The fraction of sp³-hybridized carbons (Fsp3) is 0.294. The van der Waals surface area contributed by atoms with Crippen LogP contribution in [0.25, 0.3) is 0 Å². The van der Waals surface area contributed by atoms with E-state index in [1.807, 2.05) is 0 Å². The molecule has 0 radical (unpaired) electrons. The molecule has 8 heteroatoms. The number of ether oxygens (including phenoxy) is 4. The van der Waals surface area contributed by atoms with E-state index < -0.39 is 23.9 Å². The number of carbonyl (C=O) groups excluding carboxylic acids is 4. The molecule has 2 aromatic carbocycles. The number of esters is 4. The maximum Gasteiger partial charge on any atom is 0.338 e. The molecule has 220 valence electrons. The fourth-order valence-electron chi connectivity index (χ4n) is 4.49. The zero-order valence-electron chi connectivity index (χ0n) is 24.5. The maximum atomic E-state index is 12.4. The van der Waals surface area contributed by atoms with Crippen molar-refractivity contribution in [2.24, 2.45) is 0 Å². The Morgan fingerprint density at radius 3 is 1.10 bits per heavy atom. The fourth-order valence-corrected chi connectivity index (χ4v) is 4.49. The van der Waals surface area contributed by atoms with E-state index >= 15 is 0 Å². The lowest BCUT2D eigenvalue weighted by atomic mass is 9.75. The predicted molar refractivity (Wildman–Crippen MR) is 159 cm³/mol. The molecule has 0 amide bonds. The van der Waals surface area contributed by atoms with Gasteiger partial charge in [-0.1, -0.05) is 38.4 Å². The zero-order chi connectivity index (χ0) is 31.1. The van der Waals surface area contributed by atoms with Gasteiger partial charge in [0.2, 0.25) is 0 Å². The number of benzene rings is 2. The minimum Gasteiger partial charge on any atom is -0.423 e. The normalized spacial score (nSPS) is 16.0. The monoisotopic (exact) mass is 572 g/mol. The standard InChI is InChI=1S/C34H36O8/c1-19(2)31(35)39-25-13-15-27(29(17-25)41-33(37)21(5)6)23-9-11-24(12-10-23)28-16-14-26(40-32(36)20(3)4)18-30(28)42-34(38)22(7)8/h13-18,23-24H,1,3,5,7,9-12H2,2,4,6,8H3. The number of rotatable bonds is 10. The molecule has 0 aromatic heterocycles. The molecule has 1 fully saturated rings. The lowest BCUT2D eigenvalue weighted by Gasteiger charge is -2.31.